The maximum absolute atomic E-state index is 9.67. The van der Waals surface area contributed by atoms with Gasteiger partial charge >= 0.3 is 0 Å². The van der Waals surface area contributed by atoms with Crippen LogP contribution < -0.4 is 0 Å². The summed E-state index contributed by atoms with van der Waals surface area (Å²) in [5.74, 6) is 0. The van der Waals surface area contributed by atoms with Crippen molar-refractivity contribution in [2.24, 2.45) is 0 Å². The number of rotatable bonds is 2. The fraction of sp³-hybridized carbons (Fsp3) is 1.00. The molecule has 2 heterocycles. The van der Waals surface area contributed by atoms with E-state index in [2.05, 4.69) is 11.8 Å². The van der Waals surface area contributed by atoms with Crippen molar-refractivity contribution >= 4 is 0 Å². The molecule has 0 amide bonds. The van der Waals surface area contributed by atoms with E-state index in [0.29, 0.717) is 12.1 Å². The lowest BCUT2D eigenvalue weighted by atomic mass is 9.83. The third kappa shape index (κ3) is 1.89. The largest absolute Gasteiger partial charge is 0.393 e. The summed E-state index contributed by atoms with van der Waals surface area (Å²) in [7, 11) is 0. The lowest BCUT2D eigenvalue weighted by molar-refractivity contribution is -0.0260. The third-order valence-corrected chi connectivity index (χ3v) is 3.58. The Bertz CT molecular complexity index is 157. The van der Waals surface area contributed by atoms with Gasteiger partial charge in [0, 0.05) is 12.1 Å². The molecule has 3 atom stereocenters. The van der Waals surface area contributed by atoms with Gasteiger partial charge in [-0.05, 0) is 38.6 Å². The first-order valence-electron chi connectivity index (χ1n) is 5.75. The highest BCUT2D eigenvalue weighted by Crippen LogP contribution is 2.33. The molecule has 0 aliphatic carbocycles. The Morgan fingerprint density at radius 2 is 1.85 bits per heavy atom. The third-order valence-electron chi connectivity index (χ3n) is 3.58. The monoisotopic (exact) mass is 183 g/mol. The van der Waals surface area contributed by atoms with Crippen LogP contribution in [0.2, 0.25) is 0 Å². The van der Waals surface area contributed by atoms with Gasteiger partial charge in [0.25, 0.3) is 0 Å². The smallest absolute Gasteiger partial charge is 0.0570 e. The molecule has 76 valence electrons. The summed E-state index contributed by atoms with van der Waals surface area (Å²) < 4.78 is 0. The molecule has 2 aliphatic heterocycles. The number of aliphatic hydroxyl groups is 1. The van der Waals surface area contributed by atoms with Crippen molar-refractivity contribution in [2.45, 2.75) is 63.6 Å². The lowest BCUT2D eigenvalue weighted by Gasteiger charge is -2.47. The Morgan fingerprint density at radius 3 is 2.38 bits per heavy atom. The van der Waals surface area contributed by atoms with Crippen molar-refractivity contribution in [1.82, 2.24) is 4.90 Å². The summed E-state index contributed by atoms with van der Waals surface area (Å²) in [6.07, 6.45) is 7.29. The fourth-order valence-electron chi connectivity index (χ4n) is 3.07. The minimum Gasteiger partial charge on any atom is -0.393 e. The average molecular weight is 183 g/mol. The molecule has 13 heavy (non-hydrogen) atoms. The zero-order chi connectivity index (χ0) is 9.26. The van der Waals surface area contributed by atoms with Crippen LogP contribution in [0.4, 0.5) is 0 Å². The van der Waals surface area contributed by atoms with Gasteiger partial charge in [-0.2, -0.15) is 0 Å². The van der Waals surface area contributed by atoms with E-state index in [4.69, 9.17) is 0 Å². The van der Waals surface area contributed by atoms with E-state index in [-0.39, 0.29) is 6.10 Å². The Labute approximate surface area is 80.9 Å². The number of nitrogens with zero attached hydrogens (tertiary/aromatic N) is 1. The average Bonchev–Trinajstić information content (AvgIpc) is 2.07. The van der Waals surface area contributed by atoms with Crippen LogP contribution in [0.15, 0.2) is 0 Å². The van der Waals surface area contributed by atoms with Crippen LogP contribution in [0.25, 0.3) is 0 Å². The standard InChI is InChI=1S/C11H21NO/c1-2-6-12-9-4-3-5-10(12)8-11(13)7-9/h9-11,13H,2-8H2,1H3/t9-,10+,11?. The van der Waals surface area contributed by atoms with E-state index in [1.165, 1.54) is 32.2 Å². The molecule has 0 saturated carbocycles. The van der Waals surface area contributed by atoms with Gasteiger partial charge in [-0.15, -0.1) is 0 Å². The van der Waals surface area contributed by atoms with Crippen molar-refractivity contribution < 1.29 is 5.11 Å². The summed E-state index contributed by atoms with van der Waals surface area (Å²) in [6, 6.07) is 1.39. The molecule has 2 nitrogen and oxygen atoms in total. The zero-order valence-electron chi connectivity index (χ0n) is 8.58. The molecule has 2 aliphatic rings. The Morgan fingerprint density at radius 1 is 1.23 bits per heavy atom. The molecule has 1 N–H and O–H groups in total. The molecule has 0 aromatic heterocycles. The van der Waals surface area contributed by atoms with Gasteiger partial charge in [-0.1, -0.05) is 13.3 Å². The highest BCUT2D eigenvalue weighted by Gasteiger charge is 2.36. The van der Waals surface area contributed by atoms with Gasteiger partial charge in [-0.3, -0.25) is 4.90 Å². The van der Waals surface area contributed by atoms with Crippen LogP contribution in [0, 0.1) is 0 Å². The van der Waals surface area contributed by atoms with Crippen molar-refractivity contribution in [3.05, 3.63) is 0 Å². The molecule has 2 bridgehead atoms. The van der Waals surface area contributed by atoms with Crippen LogP contribution in [-0.2, 0) is 0 Å². The second-order valence-corrected chi connectivity index (χ2v) is 4.60. The number of fused-ring (bicyclic) bond motifs is 2. The topological polar surface area (TPSA) is 23.5 Å². The number of aliphatic hydroxyl groups excluding tert-OH is 1. The van der Waals surface area contributed by atoms with Crippen LogP contribution in [0.1, 0.15) is 45.4 Å². The molecule has 2 heteroatoms. The molecule has 2 fully saturated rings. The zero-order valence-corrected chi connectivity index (χ0v) is 8.58. The minimum atomic E-state index is -0.0107. The maximum Gasteiger partial charge on any atom is 0.0570 e. The molecule has 1 unspecified atom stereocenters. The van der Waals surface area contributed by atoms with E-state index in [1.807, 2.05) is 0 Å². The maximum atomic E-state index is 9.67. The highest BCUT2D eigenvalue weighted by molar-refractivity contribution is 4.92. The summed E-state index contributed by atoms with van der Waals surface area (Å²) >= 11 is 0. The number of hydrogen-bond acceptors (Lipinski definition) is 2. The minimum absolute atomic E-state index is 0.0107. The van der Waals surface area contributed by atoms with Crippen LogP contribution in [-0.4, -0.2) is 34.7 Å². The van der Waals surface area contributed by atoms with Crippen molar-refractivity contribution in [3.63, 3.8) is 0 Å². The van der Waals surface area contributed by atoms with Crippen molar-refractivity contribution in [1.29, 1.82) is 0 Å². The number of piperidine rings is 2. The quantitative estimate of drug-likeness (QED) is 0.705. The Balaban J connectivity index is 2.01. The molecular formula is C11H21NO. The van der Waals surface area contributed by atoms with Gasteiger partial charge in [0.2, 0.25) is 0 Å². The van der Waals surface area contributed by atoms with Gasteiger partial charge in [0.05, 0.1) is 6.10 Å². The molecule has 2 saturated heterocycles. The Kier molecular flexibility index (Phi) is 2.89. The second kappa shape index (κ2) is 3.97. The lowest BCUT2D eigenvalue weighted by Crippen LogP contribution is -2.53. The first-order valence-corrected chi connectivity index (χ1v) is 5.75. The Hall–Kier alpha value is -0.0800. The summed E-state index contributed by atoms with van der Waals surface area (Å²) in [6.45, 7) is 3.49. The van der Waals surface area contributed by atoms with Crippen molar-refractivity contribution in [3.8, 4) is 0 Å². The molecule has 2 rings (SSSR count). The van der Waals surface area contributed by atoms with E-state index in [0.717, 1.165) is 12.8 Å². The van der Waals surface area contributed by atoms with Crippen LogP contribution >= 0.6 is 0 Å². The SMILES string of the molecule is CCCN1[C@@H]2CCC[C@H]1CC(O)C2. The predicted octanol–water partition coefficient (Wildman–Crippen LogP) is 1.77. The first kappa shape index (κ1) is 9.47. The van der Waals surface area contributed by atoms with E-state index < -0.39 is 0 Å². The van der Waals surface area contributed by atoms with Gasteiger partial charge < -0.3 is 5.11 Å². The predicted molar refractivity (Wildman–Crippen MR) is 53.7 cm³/mol. The van der Waals surface area contributed by atoms with Crippen LogP contribution in [0.3, 0.4) is 0 Å². The molecule has 0 aromatic rings. The fourth-order valence-corrected chi connectivity index (χ4v) is 3.07. The number of hydrogen-bond donors (Lipinski definition) is 1. The van der Waals surface area contributed by atoms with E-state index in [9.17, 15) is 5.11 Å². The van der Waals surface area contributed by atoms with Gasteiger partial charge in [0.15, 0.2) is 0 Å². The van der Waals surface area contributed by atoms with Gasteiger partial charge in [0.1, 0.15) is 0 Å². The van der Waals surface area contributed by atoms with Crippen LogP contribution in [0.5, 0.6) is 0 Å². The normalized spacial score (nSPS) is 40.6. The molecular weight excluding hydrogens is 162 g/mol. The first-order chi connectivity index (χ1) is 6.31. The van der Waals surface area contributed by atoms with E-state index in [1.54, 1.807) is 0 Å². The summed E-state index contributed by atoms with van der Waals surface area (Å²) in [5.41, 5.74) is 0. The summed E-state index contributed by atoms with van der Waals surface area (Å²) in [5, 5.41) is 9.67. The molecule has 0 spiro atoms. The molecule has 0 radical (unpaired) electrons. The van der Waals surface area contributed by atoms with Crippen molar-refractivity contribution in [2.75, 3.05) is 6.54 Å². The second-order valence-electron chi connectivity index (χ2n) is 4.60. The van der Waals surface area contributed by atoms with E-state index >= 15 is 0 Å². The van der Waals surface area contributed by atoms with Gasteiger partial charge in [-0.25, -0.2) is 0 Å². The molecule has 0 aromatic carbocycles. The summed E-state index contributed by atoms with van der Waals surface area (Å²) in [4.78, 5) is 2.65. The highest BCUT2D eigenvalue weighted by atomic mass is 16.3.